The lowest BCUT2D eigenvalue weighted by molar-refractivity contribution is -0.118. The Bertz CT molecular complexity index is 1340. The molecule has 2 aromatic heterocycles. The van der Waals surface area contributed by atoms with E-state index in [0.29, 0.717) is 23.5 Å². The first kappa shape index (κ1) is 19.7. The lowest BCUT2D eigenvalue weighted by Crippen LogP contribution is -2.44. The van der Waals surface area contributed by atoms with Crippen molar-refractivity contribution in [1.29, 1.82) is 0 Å². The molecule has 0 fully saturated rings. The molecule has 6 nitrogen and oxygen atoms in total. The summed E-state index contributed by atoms with van der Waals surface area (Å²) in [5, 5.41) is 4.82. The maximum atomic E-state index is 13.0. The molecule has 154 valence electrons. The van der Waals surface area contributed by atoms with Crippen molar-refractivity contribution in [3.05, 3.63) is 87.3 Å². The first-order chi connectivity index (χ1) is 15.0. The minimum absolute atomic E-state index is 0.107. The molecule has 5 rings (SSSR count). The van der Waals surface area contributed by atoms with Gasteiger partial charge in [-0.15, -0.1) is 11.3 Å². The Labute approximate surface area is 190 Å². The van der Waals surface area contributed by atoms with Crippen LogP contribution in [0.25, 0.3) is 10.2 Å². The fraction of sp³-hybridized carbons (Fsp3) is 0.0870. The van der Waals surface area contributed by atoms with E-state index in [4.69, 9.17) is 0 Å². The molecule has 0 spiro atoms. The quantitative estimate of drug-likeness (QED) is 0.422. The van der Waals surface area contributed by atoms with Gasteiger partial charge in [0.1, 0.15) is 12.2 Å². The molecule has 1 aliphatic heterocycles. The van der Waals surface area contributed by atoms with E-state index in [1.54, 1.807) is 40.2 Å². The van der Waals surface area contributed by atoms with E-state index in [1.807, 2.05) is 41.8 Å². The molecular weight excluding hydrogens is 478 g/mol. The Morgan fingerprint density at radius 2 is 1.87 bits per heavy atom. The Balaban J connectivity index is 1.33. The number of nitrogens with one attached hydrogen (secondary N) is 1. The van der Waals surface area contributed by atoms with Crippen molar-refractivity contribution in [3.8, 4) is 0 Å². The predicted molar refractivity (Wildman–Crippen MR) is 123 cm³/mol. The number of carbonyl (C=O) groups excluding carboxylic acids is 3. The molecule has 3 heterocycles. The number of rotatable bonds is 4. The van der Waals surface area contributed by atoms with Gasteiger partial charge in [-0.2, -0.15) is 0 Å². The van der Waals surface area contributed by atoms with Crippen LogP contribution in [0.15, 0.2) is 70.5 Å². The van der Waals surface area contributed by atoms with Crippen LogP contribution in [0, 0.1) is 0 Å². The Kier molecular flexibility index (Phi) is 4.95. The molecule has 0 saturated heterocycles. The summed E-state index contributed by atoms with van der Waals surface area (Å²) >= 11 is 4.95. The largest absolute Gasteiger partial charge is 0.348 e. The molecule has 0 aliphatic carbocycles. The van der Waals surface area contributed by atoms with E-state index in [0.717, 1.165) is 20.3 Å². The van der Waals surface area contributed by atoms with E-state index < -0.39 is 0 Å². The number of halogens is 1. The molecule has 0 bridgehead atoms. The number of imide groups is 1. The first-order valence-corrected chi connectivity index (χ1v) is 11.3. The van der Waals surface area contributed by atoms with Crippen molar-refractivity contribution < 1.29 is 14.4 Å². The number of benzene rings is 2. The van der Waals surface area contributed by atoms with Gasteiger partial charge in [0.05, 0.1) is 15.9 Å². The van der Waals surface area contributed by atoms with Gasteiger partial charge in [0.15, 0.2) is 0 Å². The highest BCUT2D eigenvalue weighted by atomic mass is 79.9. The van der Waals surface area contributed by atoms with Crippen LogP contribution in [0.3, 0.4) is 0 Å². The minimum Gasteiger partial charge on any atom is -0.348 e. The number of hydrogen-bond acceptors (Lipinski definition) is 4. The van der Waals surface area contributed by atoms with Crippen molar-refractivity contribution in [2.24, 2.45) is 0 Å². The molecule has 1 aliphatic rings. The van der Waals surface area contributed by atoms with Crippen LogP contribution < -0.4 is 10.2 Å². The molecule has 0 atom stereocenters. The second-order valence-corrected chi connectivity index (χ2v) is 9.04. The van der Waals surface area contributed by atoms with Crippen LogP contribution in [-0.2, 0) is 17.9 Å². The standard InChI is InChI=1S/C23H16BrN3O3S/c24-16-3-1-2-14(10-16)12-25-22(29)15-4-6-17(7-5-15)27-21(28)13-26-18-8-9-31-20(18)11-19(26)23(27)30/h1-11H,12-13H2,(H,25,29). The molecule has 0 saturated carbocycles. The topological polar surface area (TPSA) is 71.4 Å². The lowest BCUT2D eigenvalue weighted by atomic mass is 10.1. The fourth-order valence-electron chi connectivity index (χ4n) is 3.71. The Morgan fingerprint density at radius 3 is 2.65 bits per heavy atom. The van der Waals surface area contributed by atoms with Gasteiger partial charge in [0.25, 0.3) is 17.7 Å². The third-order valence-electron chi connectivity index (χ3n) is 5.22. The van der Waals surface area contributed by atoms with Gasteiger partial charge >= 0.3 is 0 Å². The van der Waals surface area contributed by atoms with E-state index in [2.05, 4.69) is 21.2 Å². The average Bonchev–Trinajstić information content (AvgIpc) is 3.35. The van der Waals surface area contributed by atoms with Crippen LogP contribution >= 0.6 is 27.3 Å². The zero-order chi connectivity index (χ0) is 21.5. The van der Waals surface area contributed by atoms with E-state index in [-0.39, 0.29) is 24.3 Å². The zero-order valence-corrected chi connectivity index (χ0v) is 18.6. The van der Waals surface area contributed by atoms with Crippen LogP contribution in [0.5, 0.6) is 0 Å². The number of hydrogen-bond donors (Lipinski definition) is 1. The van der Waals surface area contributed by atoms with Crippen molar-refractivity contribution in [2.75, 3.05) is 4.90 Å². The van der Waals surface area contributed by atoms with Gasteiger partial charge in [-0.1, -0.05) is 28.1 Å². The van der Waals surface area contributed by atoms with Crippen LogP contribution in [0.2, 0.25) is 0 Å². The van der Waals surface area contributed by atoms with Crippen molar-refractivity contribution in [2.45, 2.75) is 13.1 Å². The number of aromatic nitrogens is 1. The minimum atomic E-state index is -0.355. The molecular formula is C23H16BrN3O3S. The summed E-state index contributed by atoms with van der Waals surface area (Å²) in [6.07, 6.45) is 0. The molecule has 2 aromatic carbocycles. The number of carbonyl (C=O) groups is 3. The van der Waals surface area contributed by atoms with Gasteiger partial charge in [-0.3, -0.25) is 14.4 Å². The highest BCUT2D eigenvalue weighted by Crippen LogP contribution is 2.30. The van der Waals surface area contributed by atoms with Crippen molar-refractivity contribution >= 4 is 60.9 Å². The number of amides is 3. The summed E-state index contributed by atoms with van der Waals surface area (Å²) in [5.41, 5.74) is 3.29. The lowest BCUT2D eigenvalue weighted by Gasteiger charge is -2.27. The normalized spacial score (nSPS) is 13.5. The van der Waals surface area contributed by atoms with Gasteiger partial charge in [-0.25, -0.2) is 4.90 Å². The Hall–Kier alpha value is -3.23. The number of anilines is 1. The summed E-state index contributed by atoms with van der Waals surface area (Å²) in [5.74, 6) is -0.878. The third-order valence-corrected chi connectivity index (χ3v) is 6.56. The maximum Gasteiger partial charge on any atom is 0.281 e. The molecule has 3 amide bonds. The van der Waals surface area contributed by atoms with Gasteiger partial charge in [-0.05, 0) is 59.5 Å². The summed E-state index contributed by atoms with van der Waals surface area (Å²) in [6.45, 7) is 0.507. The van der Waals surface area contributed by atoms with E-state index in [1.165, 1.54) is 4.90 Å². The first-order valence-electron chi connectivity index (χ1n) is 9.58. The average molecular weight is 494 g/mol. The monoisotopic (exact) mass is 493 g/mol. The second kappa shape index (κ2) is 7.79. The summed E-state index contributed by atoms with van der Waals surface area (Å²) in [6, 6.07) is 18.0. The number of fused-ring (bicyclic) bond motifs is 3. The van der Waals surface area contributed by atoms with Crippen LogP contribution in [-0.4, -0.2) is 22.3 Å². The Morgan fingerprint density at radius 1 is 1.06 bits per heavy atom. The summed E-state index contributed by atoms with van der Waals surface area (Å²) in [4.78, 5) is 39.4. The number of thiophene rings is 1. The van der Waals surface area contributed by atoms with Crippen LogP contribution in [0.1, 0.15) is 26.4 Å². The van der Waals surface area contributed by atoms with Gasteiger partial charge in [0, 0.05) is 16.6 Å². The zero-order valence-electron chi connectivity index (χ0n) is 16.2. The van der Waals surface area contributed by atoms with Crippen molar-refractivity contribution in [1.82, 2.24) is 9.88 Å². The SMILES string of the molecule is O=C(NCc1cccc(Br)c1)c1ccc(N2C(=O)Cn3c(cc4sccc43)C2=O)cc1. The maximum absolute atomic E-state index is 13.0. The molecule has 1 N–H and O–H groups in total. The smallest absolute Gasteiger partial charge is 0.281 e. The second-order valence-electron chi connectivity index (χ2n) is 7.18. The molecule has 8 heteroatoms. The van der Waals surface area contributed by atoms with Crippen molar-refractivity contribution in [3.63, 3.8) is 0 Å². The van der Waals surface area contributed by atoms with Gasteiger partial charge < -0.3 is 9.88 Å². The van der Waals surface area contributed by atoms with Gasteiger partial charge in [0.2, 0.25) is 0 Å². The predicted octanol–water partition coefficient (Wildman–Crippen LogP) is 4.58. The fourth-order valence-corrected chi connectivity index (χ4v) is 4.98. The summed E-state index contributed by atoms with van der Waals surface area (Å²) in [7, 11) is 0. The molecule has 0 unspecified atom stereocenters. The summed E-state index contributed by atoms with van der Waals surface area (Å²) < 4.78 is 3.69. The van der Waals surface area contributed by atoms with Crippen LogP contribution in [0.4, 0.5) is 5.69 Å². The highest BCUT2D eigenvalue weighted by molar-refractivity contribution is 9.10. The highest BCUT2D eigenvalue weighted by Gasteiger charge is 2.33. The molecule has 31 heavy (non-hydrogen) atoms. The molecule has 4 aromatic rings. The number of nitrogens with zero attached hydrogens (tertiary/aromatic N) is 2. The molecule has 0 radical (unpaired) electrons. The van der Waals surface area contributed by atoms with E-state index in [9.17, 15) is 14.4 Å². The van der Waals surface area contributed by atoms with E-state index >= 15 is 0 Å². The third kappa shape index (κ3) is 3.58.